The highest BCUT2D eigenvalue weighted by Gasteiger charge is 2.27. The molecule has 0 N–H and O–H groups in total. The minimum absolute atomic E-state index is 0.100. The van der Waals surface area contributed by atoms with Crippen LogP contribution >= 0.6 is 11.3 Å². The molecule has 346 valence electrons. The maximum atomic E-state index is 7.18. The lowest BCUT2D eigenvalue weighted by Crippen LogP contribution is -2.10. The van der Waals surface area contributed by atoms with Crippen LogP contribution in [0.4, 0.5) is 0 Å². The van der Waals surface area contributed by atoms with Gasteiger partial charge in [-0.25, -0.2) is 0 Å². The lowest BCUT2D eigenvalue weighted by molar-refractivity contribution is 0.572. The second-order valence-corrected chi connectivity index (χ2v) is 22.7. The van der Waals surface area contributed by atoms with E-state index in [2.05, 4.69) is 246 Å². The summed E-state index contributed by atoms with van der Waals surface area (Å²) < 4.78 is 19.4. The number of nitrogens with zero attached hydrogens (tertiary/aromatic N) is 1. The Morgan fingerprint density at radius 3 is 1.47 bits per heavy atom. The predicted octanol–water partition coefficient (Wildman–Crippen LogP) is 20.2. The molecule has 0 bridgehead atoms. The SMILES string of the molecule is CC(C)(C)c1cccc2c1oc1c(-c3cc4c5ccccc5n(-c5cccc(-c6cccc(-c7cccc8c7sc7ccccc78)c6)c5)c4cc3-c3cccc4c3oc3c(C(C)(C)C)cccc34)cccc12. The number of benzene rings is 10. The Balaban J connectivity index is 1.02. The zero-order valence-corrected chi connectivity index (χ0v) is 42.0. The van der Waals surface area contributed by atoms with Crippen LogP contribution in [0.1, 0.15) is 52.7 Å². The maximum Gasteiger partial charge on any atom is 0.143 e. The Labute approximate surface area is 422 Å². The van der Waals surface area contributed by atoms with Crippen LogP contribution in [-0.2, 0) is 10.8 Å². The molecule has 4 heterocycles. The fourth-order valence-electron chi connectivity index (χ4n) is 11.7. The summed E-state index contributed by atoms with van der Waals surface area (Å²) in [6, 6.07) is 73.7. The molecule has 0 atom stereocenters. The van der Waals surface area contributed by atoms with Gasteiger partial charge in [0.15, 0.2) is 0 Å². The van der Waals surface area contributed by atoms with Crippen molar-refractivity contribution in [3.05, 3.63) is 211 Å². The summed E-state index contributed by atoms with van der Waals surface area (Å²) in [4.78, 5) is 0. The van der Waals surface area contributed by atoms with E-state index in [-0.39, 0.29) is 10.8 Å². The van der Waals surface area contributed by atoms with Gasteiger partial charge in [-0.05, 0) is 86.7 Å². The van der Waals surface area contributed by atoms with Gasteiger partial charge in [-0.2, -0.15) is 0 Å². The van der Waals surface area contributed by atoms with Crippen molar-refractivity contribution in [3.8, 4) is 50.2 Å². The monoisotopic (exact) mass is 945 g/mol. The van der Waals surface area contributed by atoms with Crippen molar-refractivity contribution >= 4 is 97.2 Å². The lowest BCUT2D eigenvalue weighted by Gasteiger charge is -2.18. The van der Waals surface area contributed by atoms with Crippen LogP contribution in [-0.4, -0.2) is 4.57 Å². The highest BCUT2D eigenvalue weighted by Crippen LogP contribution is 2.49. The van der Waals surface area contributed by atoms with E-state index >= 15 is 0 Å². The third-order valence-electron chi connectivity index (χ3n) is 15.1. The molecule has 0 spiro atoms. The van der Waals surface area contributed by atoms with Crippen LogP contribution in [0.25, 0.3) is 136 Å². The zero-order valence-electron chi connectivity index (χ0n) is 41.2. The highest BCUT2D eigenvalue weighted by molar-refractivity contribution is 7.26. The van der Waals surface area contributed by atoms with Crippen LogP contribution in [0.15, 0.2) is 209 Å². The quantitative estimate of drug-likeness (QED) is 0.172. The van der Waals surface area contributed by atoms with Crippen LogP contribution in [0.3, 0.4) is 0 Å². The molecular weight excluding hydrogens is 895 g/mol. The smallest absolute Gasteiger partial charge is 0.143 e. The van der Waals surface area contributed by atoms with E-state index in [9.17, 15) is 0 Å². The molecule has 0 fully saturated rings. The van der Waals surface area contributed by atoms with E-state index in [1.807, 2.05) is 11.3 Å². The summed E-state index contributed by atoms with van der Waals surface area (Å²) in [5.41, 5.74) is 18.3. The van der Waals surface area contributed by atoms with Crippen molar-refractivity contribution in [3.63, 3.8) is 0 Å². The molecule has 0 aliphatic rings. The fraction of sp³-hybridized carbons (Fsp3) is 0.118. The van der Waals surface area contributed by atoms with Crippen molar-refractivity contribution in [2.24, 2.45) is 0 Å². The Kier molecular flexibility index (Phi) is 9.28. The molecule has 0 aliphatic heterocycles. The Morgan fingerprint density at radius 2 is 0.819 bits per heavy atom. The van der Waals surface area contributed by atoms with Gasteiger partial charge in [0.2, 0.25) is 0 Å². The first-order chi connectivity index (χ1) is 35.0. The van der Waals surface area contributed by atoms with Crippen molar-refractivity contribution < 1.29 is 8.83 Å². The summed E-state index contributed by atoms with van der Waals surface area (Å²) in [5.74, 6) is 0. The Morgan fingerprint density at radius 1 is 0.333 bits per heavy atom. The topological polar surface area (TPSA) is 31.2 Å². The van der Waals surface area contributed by atoms with Gasteiger partial charge in [-0.1, -0.05) is 199 Å². The summed E-state index contributed by atoms with van der Waals surface area (Å²) in [6.45, 7) is 13.6. The highest BCUT2D eigenvalue weighted by atomic mass is 32.1. The van der Waals surface area contributed by atoms with E-state index < -0.39 is 0 Å². The van der Waals surface area contributed by atoms with Gasteiger partial charge >= 0.3 is 0 Å². The molecule has 0 radical (unpaired) electrons. The first-order valence-corrected chi connectivity index (χ1v) is 25.9. The molecule has 0 saturated heterocycles. The first-order valence-electron chi connectivity index (χ1n) is 25.1. The van der Waals surface area contributed by atoms with Gasteiger partial charge in [0.05, 0.1) is 11.0 Å². The zero-order chi connectivity index (χ0) is 48.6. The number of para-hydroxylation sites is 5. The van der Waals surface area contributed by atoms with Crippen LogP contribution in [0.2, 0.25) is 0 Å². The van der Waals surface area contributed by atoms with Crippen molar-refractivity contribution in [2.45, 2.75) is 52.4 Å². The van der Waals surface area contributed by atoms with E-state index in [0.29, 0.717) is 0 Å². The van der Waals surface area contributed by atoms with Crippen LogP contribution in [0, 0.1) is 0 Å². The molecule has 4 aromatic heterocycles. The maximum absolute atomic E-state index is 7.18. The molecule has 4 heteroatoms. The molecule has 0 unspecified atom stereocenters. The van der Waals surface area contributed by atoms with E-state index in [1.54, 1.807) is 0 Å². The average molecular weight is 946 g/mol. The Hall–Kier alpha value is -8.18. The van der Waals surface area contributed by atoms with Gasteiger partial charge < -0.3 is 13.4 Å². The molecule has 14 rings (SSSR count). The summed E-state index contributed by atoms with van der Waals surface area (Å²) in [6.07, 6.45) is 0. The van der Waals surface area contributed by atoms with E-state index in [1.165, 1.54) is 58.8 Å². The minimum atomic E-state index is -0.107. The first kappa shape index (κ1) is 42.7. The van der Waals surface area contributed by atoms with Gasteiger partial charge in [0.1, 0.15) is 22.3 Å². The Bertz CT molecular complexity index is 4540. The molecule has 3 nitrogen and oxygen atoms in total. The minimum Gasteiger partial charge on any atom is -0.455 e. The number of hydrogen-bond acceptors (Lipinski definition) is 3. The third kappa shape index (κ3) is 6.48. The number of hydrogen-bond donors (Lipinski definition) is 0. The lowest BCUT2D eigenvalue weighted by atomic mass is 9.86. The fourth-order valence-corrected chi connectivity index (χ4v) is 12.9. The van der Waals surface area contributed by atoms with Crippen LogP contribution < -0.4 is 0 Å². The largest absolute Gasteiger partial charge is 0.455 e. The van der Waals surface area contributed by atoms with E-state index in [0.717, 1.165) is 88.4 Å². The summed E-state index contributed by atoms with van der Waals surface area (Å²) in [7, 11) is 0. The molecule has 72 heavy (non-hydrogen) atoms. The molecule has 0 saturated carbocycles. The second-order valence-electron chi connectivity index (χ2n) is 21.6. The summed E-state index contributed by atoms with van der Waals surface area (Å²) >= 11 is 1.88. The summed E-state index contributed by atoms with van der Waals surface area (Å²) in [5, 5.41) is 9.47. The molecule has 10 aromatic carbocycles. The number of furan rings is 2. The number of thiophene rings is 1. The van der Waals surface area contributed by atoms with Gasteiger partial charge in [-0.3, -0.25) is 0 Å². The molecule has 0 amide bonds. The van der Waals surface area contributed by atoms with Gasteiger partial charge in [0, 0.05) is 80.4 Å². The van der Waals surface area contributed by atoms with Crippen molar-refractivity contribution in [1.29, 1.82) is 0 Å². The molecular formula is C68H51NO2S. The van der Waals surface area contributed by atoms with E-state index in [4.69, 9.17) is 8.83 Å². The average Bonchev–Trinajstić information content (AvgIpc) is 4.17. The van der Waals surface area contributed by atoms with Crippen molar-refractivity contribution in [1.82, 2.24) is 4.57 Å². The third-order valence-corrected chi connectivity index (χ3v) is 16.3. The molecule has 0 aliphatic carbocycles. The normalized spacial score (nSPS) is 12.6. The predicted molar refractivity (Wildman–Crippen MR) is 307 cm³/mol. The number of rotatable bonds is 5. The number of aromatic nitrogens is 1. The van der Waals surface area contributed by atoms with Gasteiger partial charge in [0.25, 0.3) is 0 Å². The number of fused-ring (bicyclic) bond motifs is 12. The van der Waals surface area contributed by atoms with Crippen molar-refractivity contribution in [2.75, 3.05) is 0 Å². The standard InChI is InChI=1S/C68H51NO2S/c1-67(2,3)57-32-16-29-49-47-25-14-27-51(62(47)70-64(49)57)54-38-56-45-22-7-9-34-59(45)69(60(56)39-55(54)52-28-15-26-48-50-30-17-33-58(68(4,5)6)65(50)71-63(48)52)43-21-12-19-41(37-43)40-18-11-20-42(36-40)44-24-13-31-53-46-23-8-10-35-61(46)72-66(44)53/h7-39H,1-6H3. The van der Waals surface area contributed by atoms with Crippen LogP contribution in [0.5, 0.6) is 0 Å². The molecule has 14 aromatic rings. The van der Waals surface area contributed by atoms with Gasteiger partial charge in [-0.15, -0.1) is 11.3 Å². The second kappa shape index (κ2) is 15.7.